The predicted octanol–water partition coefficient (Wildman–Crippen LogP) is 4.40. The van der Waals surface area contributed by atoms with Crippen LogP contribution in [0.5, 0.6) is 0 Å². The highest BCUT2D eigenvalue weighted by Gasteiger charge is 2.17. The van der Waals surface area contributed by atoms with Crippen molar-refractivity contribution >= 4 is 50.7 Å². The molecule has 0 aliphatic heterocycles. The van der Waals surface area contributed by atoms with Gasteiger partial charge in [-0.05, 0) is 61.5 Å². The second-order valence-electron chi connectivity index (χ2n) is 6.20. The van der Waals surface area contributed by atoms with Crippen molar-refractivity contribution in [2.75, 3.05) is 5.32 Å². The zero-order chi connectivity index (χ0) is 19.8. The molecule has 6 nitrogen and oxygen atoms in total. The van der Waals surface area contributed by atoms with Gasteiger partial charge in [-0.1, -0.05) is 11.6 Å². The third-order valence-electron chi connectivity index (χ3n) is 4.27. The van der Waals surface area contributed by atoms with E-state index in [2.05, 4.69) is 10.4 Å². The minimum Gasteiger partial charge on any atom is -0.366 e. The topological polar surface area (TPSA) is 90.0 Å². The zero-order valence-corrected chi connectivity index (χ0v) is 16.3. The molecule has 0 saturated carbocycles. The standard InChI is InChI=1S/C20H15ClN4O2S/c1-11-16-10-17(19(27)23-14-6-2-12(3-7-14)18(22)26)28-20(16)25(24-11)15-8-4-13(21)5-9-15/h2-10H,1H3,(H2,22,26)(H,23,27). The van der Waals surface area contributed by atoms with Gasteiger partial charge >= 0.3 is 0 Å². The molecular formula is C20H15ClN4O2S. The number of hydrogen-bond acceptors (Lipinski definition) is 4. The van der Waals surface area contributed by atoms with Crippen molar-refractivity contribution in [3.05, 3.63) is 75.8 Å². The Bertz CT molecular complexity index is 1190. The summed E-state index contributed by atoms with van der Waals surface area (Å²) in [6.07, 6.45) is 0. The van der Waals surface area contributed by atoms with Crippen LogP contribution in [0.2, 0.25) is 5.02 Å². The SMILES string of the molecule is Cc1nn(-c2ccc(Cl)cc2)c2sc(C(=O)Nc3ccc(C(N)=O)cc3)cc12. The molecule has 2 amide bonds. The van der Waals surface area contributed by atoms with E-state index in [4.69, 9.17) is 17.3 Å². The molecule has 0 unspecified atom stereocenters. The maximum atomic E-state index is 12.7. The number of aromatic nitrogens is 2. The fourth-order valence-electron chi connectivity index (χ4n) is 2.83. The molecular weight excluding hydrogens is 396 g/mol. The highest BCUT2D eigenvalue weighted by Crippen LogP contribution is 2.31. The van der Waals surface area contributed by atoms with Crippen LogP contribution in [0.25, 0.3) is 15.9 Å². The number of primary amides is 1. The summed E-state index contributed by atoms with van der Waals surface area (Å²) in [6, 6.07) is 15.6. The van der Waals surface area contributed by atoms with E-state index in [1.54, 1.807) is 36.4 Å². The van der Waals surface area contributed by atoms with Gasteiger partial charge in [0.05, 0.1) is 16.3 Å². The first-order chi connectivity index (χ1) is 13.4. The first-order valence-electron chi connectivity index (χ1n) is 8.39. The Morgan fingerprint density at radius 3 is 2.43 bits per heavy atom. The summed E-state index contributed by atoms with van der Waals surface area (Å²) in [6.45, 7) is 1.91. The van der Waals surface area contributed by atoms with Crippen molar-refractivity contribution in [2.45, 2.75) is 6.92 Å². The summed E-state index contributed by atoms with van der Waals surface area (Å²) in [4.78, 5) is 25.3. The molecule has 0 atom stereocenters. The molecule has 0 bridgehead atoms. The predicted molar refractivity (Wildman–Crippen MR) is 112 cm³/mol. The van der Waals surface area contributed by atoms with Crippen LogP contribution < -0.4 is 11.1 Å². The van der Waals surface area contributed by atoms with Crippen molar-refractivity contribution in [3.63, 3.8) is 0 Å². The van der Waals surface area contributed by atoms with Crippen LogP contribution in [-0.2, 0) is 0 Å². The number of thiophene rings is 1. The minimum absolute atomic E-state index is 0.227. The average Bonchev–Trinajstić information content (AvgIpc) is 3.24. The number of carbonyl (C=O) groups is 2. The molecule has 2 aromatic heterocycles. The molecule has 2 heterocycles. The van der Waals surface area contributed by atoms with Gasteiger partial charge in [-0.2, -0.15) is 5.10 Å². The molecule has 8 heteroatoms. The Kier molecular flexibility index (Phi) is 4.62. The van der Waals surface area contributed by atoms with Gasteiger partial charge in [0.2, 0.25) is 5.91 Å². The number of carbonyl (C=O) groups excluding carboxylic acids is 2. The summed E-state index contributed by atoms with van der Waals surface area (Å²) in [5.74, 6) is -0.736. The van der Waals surface area contributed by atoms with E-state index < -0.39 is 5.91 Å². The summed E-state index contributed by atoms with van der Waals surface area (Å²) < 4.78 is 1.81. The number of fused-ring (bicyclic) bond motifs is 1. The Morgan fingerprint density at radius 1 is 1.11 bits per heavy atom. The lowest BCUT2D eigenvalue weighted by molar-refractivity contribution is 0.0998. The molecule has 0 aliphatic rings. The largest absolute Gasteiger partial charge is 0.366 e. The Balaban J connectivity index is 1.64. The number of halogens is 1. The molecule has 4 rings (SSSR count). The maximum absolute atomic E-state index is 12.7. The normalized spacial score (nSPS) is 10.9. The minimum atomic E-state index is -0.510. The Morgan fingerprint density at radius 2 is 1.79 bits per heavy atom. The average molecular weight is 411 g/mol. The van der Waals surface area contributed by atoms with E-state index in [1.165, 1.54) is 11.3 Å². The first-order valence-corrected chi connectivity index (χ1v) is 9.58. The van der Waals surface area contributed by atoms with Crippen molar-refractivity contribution in [1.29, 1.82) is 0 Å². The van der Waals surface area contributed by atoms with Gasteiger partial charge in [-0.15, -0.1) is 11.3 Å². The van der Waals surface area contributed by atoms with Gasteiger partial charge in [0.25, 0.3) is 5.91 Å². The molecule has 0 aliphatic carbocycles. The summed E-state index contributed by atoms with van der Waals surface area (Å²) in [5.41, 5.74) is 7.92. The molecule has 0 fully saturated rings. The van der Waals surface area contributed by atoms with Gasteiger partial charge in [0.1, 0.15) is 4.83 Å². The maximum Gasteiger partial charge on any atom is 0.265 e. The molecule has 0 saturated heterocycles. The monoisotopic (exact) mass is 410 g/mol. The third kappa shape index (κ3) is 3.37. The molecule has 28 heavy (non-hydrogen) atoms. The van der Waals surface area contributed by atoms with Crippen LogP contribution in [0.4, 0.5) is 5.69 Å². The van der Waals surface area contributed by atoms with E-state index in [1.807, 2.05) is 29.8 Å². The van der Waals surface area contributed by atoms with Crippen molar-refractivity contribution < 1.29 is 9.59 Å². The molecule has 0 spiro atoms. The van der Waals surface area contributed by atoms with Crippen LogP contribution in [-0.4, -0.2) is 21.6 Å². The van der Waals surface area contributed by atoms with Crippen LogP contribution >= 0.6 is 22.9 Å². The Labute approximate surface area is 169 Å². The van der Waals surface area contributed by atoms with E-state index >= 15 is 0 Å². The number of amides is 2. The summed E-state index contributed by atoms with van der Waals surface area (Å²) >= 11 is 7.33. The summed E-state index contributed by atoms with van der Waals surface area (Å²) in [5, 5.41) is 8.98. The number of aryl methyl sites for hydroxylation is 1. The highest BCUT2D eigenvalue weighted by molar-refractivity contribution is 7.20. The number of nitrogens with zero attached hydrogens (tertiary/aromatic N) is 2. The van der Waals surface area contributed by atoms with Crippen molar-refractivity contribution in [1.82, 2.24) is 9.78 Å². The molecule has 0 radical (unpaired) electrons. The molecule has 3 N–H and O–H groups in total. The fourth-order valence-corrected chi connectivity index (χ4v) is 4.03. The van der Waals surface area contributed by atoms with Crippen LogP contribution in [0, 0.1) is 6.92 Å². The van der Waals surface area contributed by atoms with E-state index in [0.717, 1.165) is 21.6 Å². The molecule has 2 aromatic carbocycles. The number of nitrogens with one attached hydrogen (secondary N) is 1. The van der Waals surface area contributed by atoms with Crippen LogP contribution in [0.3, 0.4) is 0 Å². The van der Waals surface area contributed by atoms with Gasteiger partial charge in [0.15, 0.2) is 0 Å². The van der Waals surface area contributed by atoms with Crippen LogP contribution in [0.15, 0.2) is 54.6 Å². The van der Waals surface area contributed by atoms with Crippen molar-refractivity contribution in [3.8, 4) is 5.69 Å². The number of hydrogen-bond donors (Lipinski definition) is 2. The van der Waals surface area contributed by atoms with Crippen molar-refractivity contribution in [2.24, 2.45) is 5.73 Å². The highest BCUT2D eigenvalue weighted by atomic mass is 35.5. The van der Waals surface area contributed by atoms with Gasteiger partial charge < -0.3 is 11.1 Å². The van der Waals surface area contributed by atoms with Crippen LogP contribution in [0.1, 0.15) is 25.7 Å². The molecule has 140 valence electrons. The van der Waals surface area contributed by atoms with E-state index in [9.17, 15) is 9.59 Å². The quantitative estimate of drug-likeness (QED) is 0.522. The lowest BCUT2D eigenvalue weighted by atomic mass is 10.2. The molecule has 4 aromatic rings. The Hall–Kier alpha value is -3.16. The zero-order valence-electron chi connectivity index (χ0n) is 14.8. The smallest absolute Gasteiger partial charge is 0.265 e. The second kappa shape index (κ2) is 7.10. The third-order valence-corrected chi connectivity index (χ3v) is 5.63. The second-order valence-corrected chi connectivity index (χ2v) is 7.67. The number of benzene rings is 2. The lowest BCUT2D eigenvalue weighted by Crippen LogP contribution is -2.12. The van der Waals surface area contributed by atoms with Gasteiger partial charge in [0, 0.05) is 21.7 Å². The summed E-state index contributed by atoms with van der Waals surface area (Å²) in [7, 11) is 0. The first kappa shape index (κ1) is 18.2. The fraction of sp³-hybridized carbons (Fsp3) is 0.0500. The van der Waals surface area contributed by atoms with Gasteiger partial charge in [-0.25, -0.2) is 4.68 Å². The van der Waals surface area contributed by atoms with Gasteiger partial charge in [-0.3, -0.25) is 9.59 Å². The lowest BCUT2D eigenvalue weighted by Gasteiger charge is -2.04. The number of nitrogens with two attached hydrogens (primary N) is 1. The van der Waals surface area contributed by atoms with E-state index in [-0.39, 0.29) is 5.91 Å². The number of anilines is 1. The number of rotatable bonds is 4. The van der Waals surface area contributed by atoms with E-state index in [0.29, 0.717) is 21.2 Å².